The molecule has 5 heteroatoms. The van der Waals surface area contributed by atoms with Gasteiger partial charge < -0.3 is 15.0 Å². The normalized spacial score (nSPS) is 10.5. The Morgan fingerprint density at radius 2 is 2.18 bits per heavy atom. The summed E-state index contributed by atoms with van der Waals surface area (Å²) < 4.78 is 7.51. The summed E-state index contributed by atoms with van der Waals surface area (Å²) in [5.41, 5.74) is 6.38. The van der Waals surface area contributed by atoms with Crippen molar-refractivity contribution < 1.29 is 4.74 Å². The number of nitrogens with zero attached hydrogens (tertiary/aromatic N) is 2. The van der Waals surface area contributed by atoms with Crippen LogP contribution in [0.25, 0.3) is 0 Å². The molecule has 0 unspecified atom stereocenters. The van der Waals surface area contributed by atoms with Crippen LogP contribution in [0.5, 0.6) is 5.75 Å². The number of ether oxygens (including phenoxy) is 1. The largest absolute Gasteiger partial charge is 0.484 e. The minimum atomic E-state index is 0.375. The van der Waals surface area contributed by atoms with Gasteiger partial charge in [-0.3, -0.25) is 0 Å². The number of imidazole rings is 1. The zero-order chi connectivity index (χ0) is 12.3. The lowest BCUT2D eigenvalue weighted by Gasteiger charge is -2.07. The molecule has 17 heavy (non-hydrogen) atoms. The molecule has 4 nitrogen and oxygen atoms in total. The van der Waals surface area contributed by atoms with E-state index >= 15 is 0 Å². The summed E-state index contributed by atoms with van der Waals surface area (Å²) in [4.78, 5) is 4.34. The standard InChI is InChI=1S/C12H14ClN3O/c1-16-7-9(6-14)15-12(16)8-17-11-5-3-2-4-10(11)13/h2-5,7H,6,8,14H2,1H3. The lowest BCUT2D eigenvalue weighted by Crippen LogP contribution is -2.03. The maximum absolute atomic E-state index is 5.99. The summed E-state index contributed by atoms with van der Waals surface area (Å²) in [6, 6.07) is 7.36. The third-order valence-electron chi connectivity index (χ3n) is 2.43. The quantitative estimate of drug-likeness (QED) is 0.906. The number of para-hydroxylation sites is 1. The Hall–Kier alpha value is -1.52. The summed E-state index contributed by atoms with van der Waals surface area (Å²) in [6.07, 6.45) is 1.89. The molecule has 0 aliphatic carbocycles. The van der Waals surface area contributed by atoms with E-state index in [-0.39, 0.29) is 0 Å². The Kier molecular flexibility index (Phi) is 3.66. The van der Waals surface area contributed by atoms with E-state index in [0.29, 0.717) is 23.9 Å². The fraction of sp³-hybridized carbons (Fsp3) is 0.250. The Morgan fingerprint density at radius 1 is 1.41 bits per heavy atom. The Bertz CT molecular complexity index is 510. The van der Waals surface area contributed by atoms with Gasteiger partial charge in [0.2, 0.25) is 0 Å². The van der Waals surface area contributed by atoms with Crippen LogP contribution < -0.4 is 10.5 Å². The average molecular weight is 252 g/mol. The molecular formula is C12H14ClN3O. The van der Waals surface area contributed by atoms with Gasteiger partial charge >= 0.3 is 0 Å². The fourth-order valence-electron chi connectivity index (χ4n) is 1.51. The molecule has 0 bridgehead atoms. The molecule has 0 fully saturated rings. The predicted molar refractivity (Wildman–Crippen MR) is 66.9 cm³/mol. The molecule has 1 heterocycles. The molecule has 0 spiro atoms. The van der Waals surface area contributed by atoms with Crippen molar-refractivity contribution >= 4 is 11.6 Å². The molecular weight excluding hydrogens is 238 g/mol. The summed E-state index contributed by atoms with van der Waals surface area (Å²) in [7, 11) is 1.91. The van der Waals surface area contributed by atoms with Crippen molar-refractivity contribution in [1.82, 2.24) is 9.55 Å². The van der Waals surface area contributed by atoms with Crippen molar-refractivity contribution in [1.29, 1.82) is 0 Å². The van der Waals surface area contributed by atoms with E-state index in [1.807, 2.05) is 36.0 Å². The van der Waals surface area contributed by atoms with Crippen LogP contribution in [0, 0.1) is 0 Å². The molecule has 0 atom stereocenters. The highest BCUT2D eigenvalue weighted by molar-refractivity contribution is 6.32. The number of hydrogen-bond acceptors (Lipinski definition) is 3. The lowest BCUT2D eigenvalue weighted by atomic mass is 10.3. The third kappa shape index (κ3) is 2.78. The van der Waals surface area contributed by atoms with Gasteiger partial charge in [0, 0.05) is 19.8 Å². The van der Waals surface area contributed by atoms with E-state index in [4.69, 9.17) is 22.1 Å². The van der Waals surface area contributed by atoms with Gasteiger partial charge in [-0.2, -0.15) is 0 Å². The van der Waals surface area contributed by atoms with Crippen molar-refractivity contribution in [3.05, 3.63) is 47.0 Å². The third-order valence-corrected chi connectivity index (χ3v) is 2.74. The van der Waals surface area contributed by atoms with Crippen LogP contribution in [0.4, 0.5) is 0 Å². The first-order valence-corrected chi connectivity index (χ1v) is 5.67. The molecule has 0 aliphatic rings. The number of benzene rings is 1. The molecule has 0 amide bonds. The number of rotatable bonds is 4. The van der Waals surface area contributed by atoms with Crippen LogP contribution in [-0.2, 0) is 20.2 Å². The number of aryl methyl sites for hydroxylation is 1. The minimum absolute atomic E-state index is 0.375. The second-order valence-electron chi connectivity index (χ2n) is 3.68. The zero-order valence-corrected chi connectivity index (χ0v) is 10.3. The highest BCUT2D eigenvalue weighted by atomic mass is 35.5. The maximum Gasteiger partial charge on any atom is 0.146 e. The van der Waals surface area contributed by atoms with Crippen LogP contribution in [-0.4, -0.2) is 9.55 Å². The molecule has 90 valence electrons. The maximum atomic E-state index is 5.99. The number of nitrogens with two attached hydrogens (primary N) is 1. The molecule has 2 N–H and O–H groups in total. The van der Waals surface area contributed by atoms with E-state index in [0.717, 1.165) is 11.5 Å². The van der Waals surface area contributed by atoms with Crippen molar-refractivity contribution in [2.24, 2.45) is 12.8 Å². The summed E-state index contributed by atoms with van der Waals surface area (Å²) >= 11 is 5.99. The molecule has 0 aliphatic heterocycles. The Labute approximate surface area is 105 Å². The van der Waals surface area contributed by atoms with Crippen LogP contribution in [0.3, 0.4) is 0 Å². The van der Waals surface area contributed by atoms with Gasteiger partial charge in [-0.15, -0.1) is 0 Å². The Balaban J connectivity index is 2.07. The first-order valence-electron chi connectivity index (χ1n) is 5.29. The summed E-state index contributed by atoms with van der Waals surface area (Å²) in [5, 5.41) is 0.598. The van der Waals surface area contributed by atoms with Crippen molar-refractivity contribution in [3.63, 3.8) is 0 Å². The van der Waals surface area contributed by atoms with Gasteiger partial charge in [-0.25, -0.2) is 4.98 Å². The van der Waals surface area contributed by atoms with Crippen LogP contribution in [0.1, 0.15) is 11.5 Å². The van der Waals surface area contributed by atoms with Gasteiger partial charge in [0.1, 0.15) is 18.2 Å². The number of aromatic nitrogens is 2. The first-order chi connectivity index (χ1) is 8.20. The molecule has 0 radical (unpaired) electrons. The highest BCUT2D eigenvalue weighted by Gasteiger charge is 2.06. The van der Waals surface area contributed by atoms with Crippen LogP contribution >= 0.6 is 11.6 Å². The zero-order valence-electron chi connectivity index (χ0n) is 9.56. The van der Waals surface area contributed by atoms with Gasteiger partial charge in [0.25, 0.3) is 0 Å². The van der Waals surface area contributed by atoms with Gasteiger partial charge in [0.05, 0.1) is 10.7 Å². The van der Waals surface area contributed by atoms with E-state index < -0.39 is 0 Å². The predicted octanol–water partition coefficient (Wildman–Crippen LogP) is 2.11. The van der Waals surface area contributed by atoms with Gasteiger partial charge in [-0.1, -0.05) is 23.7 Å². The number of halogens is 1. The monoisotopic (exact) mass is 251 g/mol. The first kappa shape index (κ1) is 12.0. The van der Waals surface area contributed by atoms with Crippen LogP contribution in [0.2, 0.25) is 5.02 Å². The van der Waals surface area contributed by atoms with Crippen molar-refractivity contribution in [2.45, 2.75) is 13.2 Å². The summed E-state index contributed by atoms with van der Waals surface area (Å²) in [5.74, 6) is 1.48. The summed E-state index contributed by atoms with van der Waals surface area (Å²) in [6.45, 7) is 0.806. The fourth-order valence-corrected chi connectivity index (χ4v) is 1.70. The SMILES string of the molecule is Cn1cc(CN)nc1COc1ccccc1Cl. The molecule has 0 saturated carbocycles. The highest BCUT2D eigenvalue weighted by Crippen LogP contribution is 2.23. The topological polar surface area (TPSA) is 53.1 Å². The second-order valence-corrected chi connectivity index (χ2v) is 4.09. The van der Waals surface area contributed by atoms with Gasteiger partial charge in [-0.05, 0) is 12.1 Å². The van der Waals surface area contributed by atoms with E-state index in [2.05, 4.69) is 4.98 Å². The number of hydrogen-bond donors (Lipinski definition) is 1. The second kappa shape index (κ2) is 5.21. The van der Waals surface area contributed by atoms with Gasteiger partial charge in [0.15, 0.2) is 0 Å². The molecule has 2 rings (SSSR count). The minimum Gasteiger partial charge on any atom is -0.484 e. The molecule has 2 aromatic rings. The van der Waals surface area contributed by atoms with Crippen molar-refractivity contribution in [2.75, 3.05) is 0 Å². The average Bonchev–Trinajstić information content (AvgIpc) is 2.69. The van der Waals surface area contributed by atoms with E-state index in [1.54, 1.807) is 6.07 Å². The molecule has 0 saturated heterocycles. The molecule has 1 aromatic carbocycles. The molecule has 1 aromatic heterocycles. The van der Waals surface area contributed by atoms with Crippen LogP contribution in [0.15, 0.2) is 30.5 Å². The van der Waals surface area contributed by atoms with E-state index in [9.17, 15) is 0 Å². The smallest absolute Gasteiger partial charge is 0.146 e. The van der Waals surface area contributed by atoms with Crippen molar-refractivity contribution in [3.8, 4) is 5.75 Å². The Morgan fingerprint density at radius 3 is 2.82 bits per heavy atom. The van der Waals surface area contributed by atoms with E-state index in [1.165, 1.54) is 0 Å². The lowest BCUT2D eigenvalue weighted by molar-refractivity contribution is 0.292.